The minimum atomic E-state index is -0.264. The average molecular weight is 236 g/mol. The monoisotopic (exact) mass is 236 g/mol. The zero-order valence-corrected chi connectivity index (χ0v) is 10.4. The van der Waals surface area contributed by atoms with Crippen molar-refractivity contribution in [3.8, 4) is 0 Å². The molecule has 0 spiro atoms. The first kappa shape index (κ1) is 12.5. The van der Waals surface area contributed by atoms with Crippen LogP contribution in [0.15, 0.2) is 30.3 Å². The van der Waals surface area contributed by atoms with Gasteiger partial charge in [-0.1, -0.05) is 37.3 Å². The molecule has 0 saturated carbocycles. The van der Waals surface area contributed by atoms with Crippen LogP contribution >= 0.6 is 0 Å². The molecule has 1 heterocycles. The van der Waals surface area contributed by atoms with Crippen molar-refractivity contribution < 1.29 is 4.39 Å². The third-order valence-electron chi connectivity index (χ3n) is 3.54. The summed E-state index contributed by atoms with van der Waals surface area (Å²) in [5.74, 6) is 0. The van der Waals surface area contributed by atoms with Gasteiger partial charge in [0, 0.05) is 31.7 Å². The maximum absolute atomic E-state index is 12.6. The first-order valence-corrected chi connectivity index (χ1v) is 6.43. The lowest BCUT2D eigenvalue weighted by Crippen LogP contribution is -2.52. The molecule has 1 aromatic carbocycles. The van der Waals surface area contributed by atoms with Gasteiger partial charge in [-0.05, 0) is 12.0 Å². The van der Waals surface area contributed by atoms with Crippen molar-refractivity contribution in [2.24, 2.45) is 0 Å². The molecule has 1 N–H and O–H groups in total. The summed E-state index contributed by atoms with van der Waals surface area (Å²) in [6, 6.07) is 11.2. The fourth-order valence-electron chi connectivity index (χ4n) is 2.52. The van der Waals surface area contributed by atoms with Crippen LogP contribution in [0.2, 0.25) is 0 Å². The SMILES string of the molecule is CCC1CN(CCF)C(c2ccccc2)CN1. The summed E-state index contributed by atoms with van der Waals surface area (Å²) in [7, 11) is 0. The van der Waals surface area contributed by atoms with Crippen LogP contribution in [0.25, 0.3) is 0 Å². The second-order valence-electron chi connectivity index (χ2n) is 4.62. The normalized spacial score (nSPS) is 26.0. The lowest BCUT2D eigenvalue weighted by Gasteiger charge is -2.40. The summed E-state index contributed by atoms with van der Waals surface area (Å²) in [5, 5.41) is 3.54. The van der Waals surface area contributed by atoms with Crippen molar-refractivity contribution >= 4 is 0 Å². The van der Waals surface area contributed by atoms with Crippen LogP contribution in [0.3, 0.4) is 0 Å². The fourth-order valence-corrected chi connectivity index (χ4v) is 2.52. The summed E-state index contributed by atoms with van der Waals surface area (Å²) in [4.78, 5) is 2.26. The average Bonchev–Trinajstić information content (AvgIpc) is 2.40. The molecule has 17 heavy (non-hydrogen) atoms. The summed E-state index contributed by atoms with van der Waals surface area (Å²) >= 11 is 0. The van der Waals surface area contributed by atoms with Crippen LogP contribution in [0.1, 0.15) is 24.9 Å². The van der Waals surface area contributed by atoms with Crippen LogP contribution in [-0.4, -0.2) is 37.3 Å². The topological polar surface area (TPSA) is 15.3 Å². The van der Waals surface area contributed by atoms with E-state index in [1.54, 1.807) is 0 Å². The molecular weight excluding hydrogens is 215 g/mol. The van der Waals surface area contributed by atoms with Gasteiger partial charge >= 0.3 is 0 Å². The Morgan fingerprint density at radius 3 is 2.76 bits per heavy atom. The highest BCUT2D eigenvalue weighted by molar-refractivity contribution is 5.20. The van der Waals surface area contributed by atoms with Gasteiger partial charge in [0.25, 0.3) is 0 Å². The molecule has 2 atom stereocenters. The number of benzene rings is 1. The van der Waals surface area contributed by atoms with Crippen LogP contribution in [0, 0.1) is 0 Å². The number of hydrogen-bond acceptors (Lipinski definition) is 2. The summed E-state index contributed by atoms with van der Waals surface area (Å²) in [6.45, 7) is 4.31. The molecule has 0 radical (unpaired) electrons. The quantitative estimate of drug-likeness (QED) is 0.863. The predicted octanol–water partition coefficient (Wildman–Crippen LogP) is 2.38. The Kier molecular flexibility index (Phi) is 4.51. The van der Waals surface area contributed by atoms with Crippen molar-refractivity contribution in [3.05, 3.63) is 35.9 Å². The van der Waals surface area contributed by atoms with Gasteiger partial charge in [-0.15, -0.1) is 0 Å². The molecule has 2 nitrogen and oxygen atoms in total. The van der Waals surface area contributed by atoms with E-state index in [9.17, 15) is 4.39 Å². The Balaban J connectivity index is 2.10. The molecule has 0 aromatic heterocycles. The Morgan fingerprint density at radius 1 is 1.35 bits per heavy atom. The molecule has 1 aromatic rings. The standard InChI is InChI=1S/C14H21FN2/c1-2-13-11-17(9-8-15)14(10-16-13)12-6-4-3-5-7-12/h3-7,13-14,16H,2,8-11H2,1H3. The highest BCUT2D eigenvalue weighted by Crippen LogP contribution is 2.23. The predicted molar refractivity (Wildman–Crippen MR) is 68.8 cm³/mol. The van der Waals surface area contributed by atoms with E-state index in [-0.39, 0.29) is 6.67 Å². The number of piperazine rings is 1. The van der Waals surface area contributed by atoms with Gasteiger partial charge in [0.15, 0.2) is 0 Å². The van der Waals surface area contributed by atoms with E-state index >= 15 is 0 Å². The minimum absolute atomic E-state index is 0.264. The van der Waals surface area contributed by atoms with Gasteiger partial charge in [0.05, 0.1) is 0 Å². The third kappa shape index (κ3) is 3.05. The van der Waals surface area contributed by atoms with E-state index in [1.807, 2.05) is 6.07 Å². The highest BCUT2D eigenvalue weighted by Gasteiger charge is 2.27. The molecule has 2 unspecified atom stereocenters. The van der Waals surface area contributed by atoms with Crippen LogP contribution in [0.4, 0.5) is 4.39 Å². The van der Waals surface area contributed by atoms with Crippen LogP contribution < -0.4 is 5.32 Å². The Bertz CT molecular complexity index is 328. The molecule has 94 valence electrons. The van der Waals surface area contributed by atoms with E-state index in [0.29, 0.717) is 18.6 Å². The molecule has 1 aliphatic rings. The maximum Gasteiger partial charge on any atom is 0.102 e. The first-order chi connectivity index (χ1) is 8.35. The summed E-state index contributed by atoms with van der Waals surface area (Å²) in [6.07, 6.45) is 1.10. The smallest absolute Gasteiger partial charge is 0.102 e. The van der Waals surface area contributed by atoms with Crippen molar-refractivity contribution in [1.82, 2.24) is 10.2 Å². The van der Waals surface area contributed by atoms with Gasteiger partial charge in [-0.3, -0.25) is 4.90 Å². The number of rotatable bonds is 4. The Labute approximate surface area is 103 Å². The Morgan fingerprint density at radius 2 is 2.12 bits per heavy atom. The van der Waals surface area contributed by atoms with E-state index in [2.05, 4.69) is 41.4 Å². The lowest BCUT2D eigenvalue weighted by atomic mass is 10.0. The van der Waals surface area contributed by atoms with E-state index < -0.39 is 0 Å². The third-order valence-corrected chi connectivity index (χ3v) is 3.54. The van der Waals surface area contributed by atoms with Crippen molar-refractivity contribution in [3.63, 3.8) is 0 Å². The van der Waals surface area contributed by atoms with Gasteiger partial charge < -0.3 is 5.32 Å². The lowest BCUT2D eigenvalue weighted by molar-refractivity contribution is 0.120. The maximum atomic E-state index is 12.6. The largest absolute Gasteiger partial charge is 0.311 e. The van der Waals surface area contributed by atoms with Gasteiger partial charge in [0.2, 0.25) is 0 Å². The summed E-state index contributed by atoms with van der Waals surface area (Å²) in [5.41, 5.74) is 1.28. The second kappa shape index (κ2) is 6.12. The van der Waals surface area contributed by atoms with Crippen LogP contribution in [0.5, 0.6) is 0 Å². The van der Waals surface area contributed by atoms with Gasteiger partial charge in [-0.2, -0.15) is 0 Å². The molecular formula is C14H21FN2. The Hall–Kier alpha value is -0.930. The van der Waals surface area contributed by atoms with E-state index in [0.717, 1.165) is 19.5 Å². The zero-order valence-electron chi connectivity index (χ0n) is 10.4. The zero-order chi connectivity index (χ0) is 12.1. The van der Waals surface area contributed by atoms with Gasteiger partial charge in [-0.25, -0.2) is 4.39 Å². The van der Waals surface area contributed by atoms with Crippen molar-refractivity contribution in [1.29, 1.82) is 0 Å². The van der Waals surface area contributed by atoms with E-state index in [1.165, 1.54) is 5.56 Å². The van der Waals surface area contributed by atoms with Crippen molar-refractivity contribution in [2.75, 3.05) is 26.3 Å². The number of halogens is 1. The molecule has 1 aliphatic heterocycles. The molecule has 1 fully saturated rings. The molecule has 0 amide bonds. The number of nitrogens with one attached hydrogen (secondary N) is 1. The molecule has 1 saturated heterocycles. The summed E-state index contributed by atoms with van der Waals surface area (Å²) < 4.78 is 12.6. The molecule has 3 heteroatoms. The molecule has 0 aliphatic carbocycles. The van der Waals surface area contributed by atoms with Crippen LogP contribution in [-0.2, 0) is 0 Å². The minimum Gasteiger partial charge on any atom is -0.311 e. The number of hydrogen-bond donors (Lipinski definition) is 1. The van der Waals surface area contributed by atoms with Crippen molar-refractivity contribution in [2.45, 2.75) is 25.4 Å². The second-order valence-corrected chi connectivity index (χ2v) is 4.62. The fraction of sp³-hybridized carbons (Fsp3) is 0.571. The first-order valence-electron chi connectivity index (χ1n) is 6.43. The molecule has 0 bridgehead atoms. The molecule has 2 rings (SSSR count). The van der Waals surface area contributed by atoms with E-state index in [4.69, 9.17) is 0 Å². The highest BCUT2D eigenvalue weighted by atomic mass is 19.1. The number of nitrogens with zero attached hydrogens (tertiary/aromatic N) is 1. The van der Waals surface area contributed by atoms with Gasteiger partial charge in [0.1, 0.15) is 6.67 Å². The number of alkyl halides is 1.